The SMILES string of the molecule is CCOC(=O)C(C)(Nc1ccc(F)cc1)c1ccccn1. The van der Waals surface area contributed by atoms with Gasteiger partial charge in [-0.3, -0.25) is 4.98 Å². The summed E-state index contributed by atoms with van der Waals surface area (Å²) in [6.45, 7) is 3.71. The summed E-state index contributed by atoms with van der Waals surface area (Å²) in [4.78, 5) is 16.6. The molecule has 1 aromatic carbocycles. The predicted octanol–water partition coefficient (Wildman–Crippen LogP) is 3.11. The van der Waals surface area contributed by atoms with E-state index in [1.807, 2.05) is 0 Å². The molecule has 0 spiro atoms. The van der Waals surface area contributed by atoms with Crippen molar-refractivity contribution in [3.63, 3.8) is 0 Å². The second kappa shape index (κ2) is 6.35. The van der Waals surface area contributed by atoms with Crippen LogP contribution in [-0.2, 0) is 15.1 Å². The molecule has 0 aliphatic carbocycles. The number of pyridine rings is 1. The Morgan fingerprint density at radius 3 is 2.57 bits per heavy atom. The average molecular weight is 288 g/mol. The fourth-order valence-corrected chi connectivity index (χ4v) is 1.98. The lowest BCUT2D eigenvalue weighted by Crippen LogP contribution is -2.42. The van der Waals surface area contributed by atoms with E-state index in [4.69, 9.17) is 4.74 Å². The molecule has 0 bridgehead atoms. The van der Waals surface area contributed by atoms with Crippen molar-refractivity contribution in [1.82, 2.24) is 4.98 Å². The average Bonchev–Trinajstić information content (AvgIpc) is 2.50. The minimum atomic E-state index is -1.14. The molecule has 0 aliphatic heterocycles. The summed E-state index contributed by atoms with van der Waals surface area (Å²) in [5, 5.41) is 3.08. The molecule has 4 nitrogen and oxygen atoms in total. The Hall–Kier alpha value is -2.43. The van der Waals surface area contributed by atoms with Crippen LogP contribution in [0, 0.1) is 5.82 Å². The number of hydrogen-bond donors (Lipinski definition) is 1. The van der Waals surface area contributed by atoms with Crippen LogP contribution in [0.4, 0.5) is 10.1 Å². The van der Waals surface area contributed by atoms with E-state index in [-0.39, 0.29) is 12.4 Å². The first-order chi connectivity index (χ1) is 10.1. The summed E-state index contributed by atoms with van der Waals surface area (Å²) in [6.07, 6.45) is 1.61. The van der Waals surface area contributed by atoms with Gasteiger partial charge in [-0.1, -0.05) is 6.07 Å². The minimum Gasteiger partial charge on any atom is -0.464 e. The fourth-order valence-electron chi connectivity index (χ4n) is 1.98. The van der Waals surface area contributed by atoms with Gasteiger partial charge in [0.1, 0.15) is 5.82 Å². The number of aromatic nitrogens is 1. The van der Waals surface area contributed by atoms with Crippen LogP contribution in [0.3, 0.4) is 0 Å². The van der Waals surface area contributed by atoms with Gasteiger partial charge in [0.15, 0.2) is 5.54 Å². The zero-order valence-electron chi connectivity index (χ0n) is 12.0. The van der Waals surface area contributed by atoms with Crippen molar-refractivity contribution in [2.75, 3.05) is 11.9 Å². The standard InChI is InChI=1S/C16H17FN2O2/c1-3-21-15(20)16(2,14-6-4-5-11-18-14)19-13-9-7-12(17)8-10-13/h4-11,19H,3H2,1-2H3. The van der Waals surface area contributed by atoms with Crippen molar-refractivity contribution in [2.45, 2.75) is 19.4 Å². The van der Waals surface area contributed by atoms with E-state index in [1.165, 1.54) is 12.1 Å². The van der Waals surface area contributed by atoms with Gasteiger partial charge in [-0.25, -0.2) is 9.18 Å². The van der Waals surface area contributed by atoms with Crippen molar-refractivity contribution in [3.8, 4) is 0 Å². The van der Waals surface area contributed by atoms with Gasteiger partial charge in [-0.15, -0.1) is 0 Å². The number of benzene rings is 1. The van der Waals surface area contributed by atoms with Gasteiger partial charge >= 0.3 is 5.97 Å². The lowest BCUT2D eigenvalue weighted by molar-refractivity contribution is -0.148. The number of anilines is 1. The second-order valence-corrected chi connectivity index (χ2v) is 4.69. The van der Waals surface area contributed by atoms with Gasteiger partial charge in [-0.2, -0.15) is 0 Å². The first-order valence-electron chi connectivity index (χ1n) is 6.68. The molecule has 1 heterocycles. The van der Waals surface area contributed by atoms with E-state index in [9.17, 15) is 9.18 Å². The van der Waals surface area contributed by atoms with E-state index in [0.29, 0.717) is 11.4 Å². The maximum atomic E-state index is 13.0. The Bertz CT molecular complexity index is 601. The van der Waals surface area contributed by atoms with Crippen molar-refractivity contribution in [2.24, 2.45) is 0 Å². The third-order valence-corrected chi connectivity index (χ3v) is 3.10. The van der Waals surface area contributed by atoms with Gasteiger partial charge in [0.2, 0.25) is 0 Å². The first-order valence-corrected chi connectivity index (χ1v) is 6.68. The number of esters is 1. The predicted molar refractivity (Wildman–Crippen MR) is 78.2 cm³/mol. The molecular formula is C16H17FN2O2. The Kier molecular flexibility index (Phi) is 4.52. The van der Waals surface area contributed by atoms with Crippen molar-refractivity contribution in [1.29, 1.82) is 0 Å². The molecule has 1 aromatic heterocycles. The Labute approximate surface area is 123 Å². The molecule has 0 amide bonds. The van der Waals surface area contributed by atoms with E-state index in [2.05, 4.69) is 10.3 Å². The van der Waals surface area contributed by atoms with Crippen LogP contribution in [0.2, 0.25) is 0 Å². The monoisotopic (exact) mass is 288 g/mol. The van der Waals surface area contributed by atoms with Crippen LogP contribution < -0.4 is 5.32 Å². The molecule has 1 unspecified atom stereocenters. The van der Waals surface area contributed by atoms with E-state index >= 15 is 0 Å². The van der Waals surface area contributed by atoms with Gasteiger partial charge in [0.25, 0.3) is 0 Å². The number of hydrogen-bond acceptors (Lipinski definition) is 4. The molecule has 1 N–H and O–H groups in total. The molecule has 1 atom stereocenters. The van der Waals surface area contributed by atoms with Gasteiger partial charge in [-0.05, 0) is 50.2 Å². The third kappa shape index (κ3) is 3.37. The summed E-state index contributed by atoms with van der Waals surface area (Å²) in [7, 11) is 0. The van der Waals surface area contributed by atoms with Crippen LogP contribution in [0.5, 0.6) is 0 Å². The van der Waals surface area contributed by atoms with Crippen LogP contribution in [0.15, 0.2) is 48.7 Å². The van der Waals surface area contributed by atoms with Gasteiger partial charge in [0, 0.05) is 11.9 Å². The highest BCUT2D eigenvalue weighted by atomic mass is 19.1. The molecule has 2 aromatic rings. The van der Waals surface area contributed by atoms with Crippen LogP contribution in [0.25, 0.3) is 0 Å². The highest BCUT2D eigenvalue weighted by Crippen LogP contribution is 2.26. The molecule has 5 heteroatoms. The molecule has 21 heavy (non-hydrogen) atoms. The molecule has 0 aliphatic rings. The summed E-state index contributed by atoms with van der Waals surface area (Å²) in [5.74, 6) is -0.774. The largest absolute Gasteiger partial charge is 0.464 e. The number of carbonyl (C=O) groups excluding carboxylic acids is 1. The van der Waals surface area contributed by atoms with E-state index in [1.54, 1.807) is 50.4 Å². The van der Waals surface area contributed by atoms with Gasteiger partial charge in [0.05, 0.1) is 12.3 Å². The van der Waals surface area contributed by atoms with Crippen molar-refractivity contribution < 1.29 is 13.9 Å². The Balaban J connectivity index is 2.36. The van der Waals surface area contributed by atoms with Crippen molar-refractivity contribution >= 4 is 11.7 Å². The zero-order chi connectivity index (χ0) is 15.3. The maximum Gasteiger partial charge on any atom is 0.337 e. The number of ether oxygens (including phenoxy) is 1. The number of nitrogens with zero attached hydrogens (tertiary/aromatic N) is 1. The zero-order valence-corrected chi connectivity index (χ0v) is 12.0. The summed E-state index contributed by atoms with van der Waals surface area (Å²) >= 11 is 0. The normalized spacial score (nSPS) is 13.3. The summed E-state index contributed by atoms with van der Waals surface area (Å²) in [6, 6.07) is 11.1. The highest BCUT2D eigenvalue weighted by Gasteiger charge is 2.38. The van der Waals surface area contributed by atoms with E-state index in [0.717, 1.165) is 0 Å². The highest BCUT2D eigenvalue weighted by molar-refractivity contribution is 5.85. The topological polar surface area (TPSA) is 51.2 Å². The first kappa shape index (κ1) is 15.0. The number of halogens is 1. The second-order valence-electron chi connectivity index (χ2n) is 4.69. The lowest BCUT2D eigenvalue weighted by Gasteiger charge is -2.29. The van der Waals surface area contributed by atoms with Gasteiger partial charge < -0.3 is 10.1 Å². The maximum absolute atomic E-state index is 13.0. The van der Waals surface area contributed by atoms with E-state index < -0.39 is 11.5 Å². The molecule has 2 rings (SSSR count). The summed E-state index contributed by atoms with van der Waals surface area (Å²) < 4.78 is 18.1. The van der Waals surface area contributed by atoms with Crippen LogP contribution in [0.1, 0.15) is 19.5 Å². The quantitative estimate of drug-likeness (QED) is 0.859. The molecule has 0 saturated carbocycles. The number of rotatable bonds is 5. The minimum absolute atomic E-state index is 0.270. The third-order valence-electron chi connectivity index (χ3n) is 3.10. The smallest absolute Gasteiger partial charge is 0.337 e. The lowest BCUT2D eigenvalue weighted by atomic mass is 9.96. The Morgan fingerprint density at radius 1 is 1.29 bits per heavy atom. The fraction of sp³-hybridized carbons (Fsp3) is 0.250. The molecular weight excluding hydrogens is 271 g/mol. The molecule has 110 valence electrons. The summed E-state index contributed by atoms with van der Waals surface area (Å²) in [5.41, 5.74) is 0.000121. The van der Waals surface area contributed by atoms with Crippen molar-refractivity contribution in [3.05, 3.63) is 60.2 Å². The number of carbonyl (C=O) groups is 1. The van der Waals surface area contributed by atoms with Crippen LogP contribution >= 0.6 is 0 Å². The molecule has 0 radical (unpaired) electrons. The number of nitrogens with one attached hydrogen (secondary N) is 1. The van der Waals surface area contributed by atoms with Crippen LogP contribution in [-0.4, -0.2) is 17.6 Å². The molecule has 0 saturated heterocycles. The Morgan fingerprint density at radius 2 is 2.00 bits per heavy atom. The molecule has 0 fully saturated rings.